The second-order valence-electron chi connectivity index (χ2n) is 5.74. The van der Waals surface area contributed by atoms with Crippen LogP contribution < -0.4 is 11.1 Å². The van der Waals surface area contributed by atoms with E-state index < -0.39 is 0 Å². The number of nitrogens with one attached hydrogen (secondary N) is 1. The first-order valence-corrected chi connectivity index (χ1v) is 7.84. The number of nitrogens with two attached hydrogens (primary N) is 1. The molecule has 124 valence electrons. The van der Waals surface area contributed by atoms with Gasteiger partial charge in [0.2, 0.25) is 0 Å². The molecule has 0 aromatic rings. The molecule has 1 rings (SSSR count). The van der Waals surface area contributed by atoms with Crippen molar-refractivity contribution in [3.8, 4) is 0 Å². The SMILES string of the molecule is CC(C)OC(=O)CCCN=C(N)NC1CCCCCC1.I. The van der Waals surface area contributed by atoms with Crippen molar-refractivity contribution >= 4 is 35.9 Å². The van der Waals surface area contributed by atoms with Crippen molar-refractivity contribution in [1.29, 1.82) is 0 Å². The summed E-state index contributed by atoms with van der Waals surface area (Å²) in [5, 5.41) is 3.29. The third-order valence-corrected chi connectivity index (χ3v) is 3.40. The highest BCUT2D eigenvalue weighted by Gasteiger charge is 2.12. The molecule has 0 aromatic heterocycles. The number of nitrogens with zero attached hydrogens (tertiary/aromatic N) is 1. The number of hydrogen-bond donors (Lipinski definition) is 2. The molecule has 0 heterocycles. The van der Waals surface area contributed by atoms with Crippen LogP contribution in [0.25, 0.3) is 0 Å². The monoisotopic (exact) mass is 411 g/mol. The molecule has 0 unspecified atom stereocenters. The van der Waals surface area contributed by atoms with Gasteiger partial charge in [-0.3, -0.25) is 9.79 Å². The van der Waals surface area contributed by atoms with Gasteiger partial charge in [-0.05, 0) is 33.1 Å². The first-order valence-electron chi connectivity index (χ1n) is 7.84. The highest BCUT2D eigenvalue weighted by molar-refractivity contribution is 14.0. The smallest absolute Gasteiger partial charge is 0.306 e. The number of carbonyl (C=O) groups is 1. The Balaban J connectivity index is 0.00000400. The first-order chi connectivity index (χ1) is 9.58. The van der Waals surface area contributed by atoms with E-state index in [2.05, 4.69) is 10.3 Å². The molecule has 1 fully saturated rings. The maximum Gasteiger partial charge on any atom is 0.306 e. The average Bonchev–Trinajstić information content (AvgIpc) is 2.62. The summed E-state index contributed by atoms with van der Waals surface area (Å²) in [7, 11) is 0. The Morgan fingerprint density at radius 1 is 1.29 bits per heavy atom. The fourth-order valence-corrected chi connectivity index (χ4v) is 2.42. The van der Waals surface area contributed by atoms with E-state index in [1.165, 1.54) is 38.5 Å². The van der Waals surface area contributed by atoms with Crippen molar-refractivity contribution < 1.29 is 9.53 Å². The summed E-state index contributed by atoms with van der Waals surface area (Å²) in [5.74, 6) is 0.347. The lowest BCUT2D eigenvalue weighted by molar-refractivity contribution is -0.147. The quantitative estimate of drug-likeness (QED) is 0.176. The summed E-state index contributed by atoms with van der Waals surface area (Å²) in [6.45, 7) is 4.27. The minimum Gasteiger partial charge on any atom is -0.463 e. The predicted molar refractivity (Wildman–Crippen MR) is 97.0 cm³/mol. The van der Waals surface area contributed by atoms with Crippen molar-refractivity contribution in [3.05, 3.63) is 0 Å². The summed E-state index contributed by atoms with van der Waals surface area (Å²) in [5.41, 5.74) is 5.88. The zero-order valence-electron chi connectivity index (χ0n) is 13.3. The molecule has 1 aliphatic rings. The Hall–Kier alpha value is -0.530. The summed E-state index contributed by atoms with van der Waals surface area (Å²) < 4.78 is 5.06. The first kappa shape index (κ1) is 20.5. The standard InChI is InChI=1S/C15H29N3O2.HI/c1-12(2)20-14(19)10-7-11-17-15(16)18-13-8-5-3-4-6-9-13;/h12-13H,3-11H2,1-2H3,(H3,16,17,18);1H. The van der Waals surface area contributed by atoms with Gasteiger partial charge in [0.25, 0.3) is 0 Å². The zero-order chi connectivity index (χ0) is 14.8. The molecule has 5 nitrogen and oxygen atoms in total. The van der Waals surface area contributed by atoms with Gasteiger partial charge in [-0.2, -0.15) is 0 Å². The third kappa shape index (κ3) is 10.8. The van der Waals surface area contributed by atoms with Gasteiger partial charge >= 0.3 is 5.97 Å². The van der Waals surface area contributed by atoms with Gasteiger partial charge in [0.05, 0.1) is 6.10 Å². The zero-order valence-corrected chi connectivity index (χ0v) is 15.6. The molecule has 21 heavy (non-hydrogen) atoms. The molecule has 0 aliphatic heterocycles. The number of carbonyl (C=O) groups excluding carboxylic acids is 1. The van der Waals surface area contributed by atoms with Crippen LogP contribution in [0.5, 0.6) is 0 Å². The Kier molecular flexibility index (Phi) is 11.8. The van der Waals surface area contributed by atoms with Crippen molar-refractivity contribution in [1.82, 2.24) is 5.32 Å². The second kappa shape index (κ2) is 12.1. The molecule has 0 amide bonds. The highest BCUT2D eigenvalue weighted by atomic mass is 127. The normalized spacial score (nSPS) is 17.0. The van der Waals surface area contributed by atoms with Crippen molar-refractivity contribution in [2.45, 2.75) is 77.4 Å². The number of guanidine groups is 1. The minimum absolute atomic E-state index is 0. The number of hydrogen-bond acceptors (Lipinski definition) is 3. The molecular weight excluding hydrogens is 381 g/mol. The van der Waals surface area contributed by atoms with Crippen molar-refractivity contribution in [2.24, 2.45) is 10.7 Å². The molecule has 0 atom stereocenters. The predicted octanol–water partition coefficient (Wildman–Crippen LogP) is 2.96. The largest absolute Gasteiger partial charge is 0.463 e. The number of ether oxygens (including phenoxy) is 1. The highest BCUT2D eigenvalue weighted by Crippen LogP contribution is 2.16. The van der Waals surface area contributed by atoms with E-state index in [0.29, 0.717) is 31.4 Å². The molecule has 0 aromatic carbocycles. The number of aliphatic imine (C=N–C) groups is 1. The maximum atomic E-state index is 11.3. The Bertz CT molecular complexity index is 314. The summed E-state index contributed by atoms with van der Waals surface area (Å²) in [6.07, 6.45) is 8.58. The molecule has 0 radical (unpaired) electrons. The van der Waals surface area contributed by atoms with Crippen molar-refractivity contribution in [2.75, 3.05) is 6.54 Å². The van der Waals surface area contributed by atoms with Crippen LogP contribution in [-0.4, -0.2) is 30.6 Å². The van der Waals surface area contributed by atoms with Gasteiger partial charge in [0.15, 0.2) is 5.96 Å². The number of halogens is 1. The average molecular weight is 411 g/mol. The molecule has 1 aliphatic carbocycles. The lowest BCUT2D eigenvalue weighted by atomic mass is 10.1. The van der Waals surface area contributed by atoms with Crippen LogP contribution in [0.2, 0.25) is 0 Å². The van der Waals surface area contributed by atoms with Crippen LogP contribution in [0, 0.1) is 0 Å². The van der Waals surface area contributed by atoms with Gasteiger partial charge in [0, 0.05) is 19.0 Å². The molecule has 3 N–H and O–H groups in total. The van der Waals surface area contributed by atoms with Gasteiger partial charge < -0.3 is 15.8 Å². The molecular formula is C15H30IN3O2. The summed E-state index contributed by atoms with van der Waals surface area (Å²) in [4.78, 5) is 15.6. The second-order valence-corrected chi connectivity index (χ2v) is 5.74. The molecule has 0 spiro atoms. The molecule has 0 saturated heterocycles. The topological polar surface area (TPSA) is 76.7 Å². The van der Waals surface area contributed by atoms with Gasteiger partial charge in [0.1, 0.15) is 0 Å². The van der Waals surface area contributed by atoms with E-state index in [-0.39, 0.29) is 36.0 Å². The number of esters is 1. The Morgan fingerprint density at radius 3 is 2.48 bits per heavy atom. The fraction of sp³-hybridized carbons (Fsp3) is 0.867. The summed E-state index contributed by atoms with van der Waals surface area (Å²) >= 11 is 0. The van der Waals surface area contributed by atoms with E-state index in [0.717, 1.165) is 0 Å². The fourth-order valence-electron chi connectivity index (χ4n) is 2.42. The molecule has 1 saturated carbocycles. The van der Waals surface area contributed by atoms with Gasteiger partial charge in [-0.1, -0.05) is 25.7 Å². The van der Waals surface area contributed by atoms with Crippen LogP contribution in [0.1, 0.15) is 65.2 Å². The summed E-state index contributed by atoms with van der Waals surface area (Å²) in [6, 6.07) is 0.465. The van der Waals surface area contributed by atoms with Crippen LogP contribution in [0.3, 0.4) is 0 Å². The lowest BCUT2D eigenvalue weighted by Gasteiger charge is -2.16. The van der Waals surface area contributed by atoms with Gasteiger partial charge in [-0.15, -0.1) is 24.0 Å². The van der Waals surface area contributed by atoms with Crippen LogP contribution in [0.15, 0.2) is 4.99 Å². The van der Waals surface area contributed by atoms with E-state index in [9.17, 15) is 4.79 Å². The Morgan fingerprint density at radius 2 is 1.90 bits per heavy atom. The molecule has 0 bridgehead atoms. The number of rotatable bonds is 6. The van der Waals surface area contributed by atoms with E-state index in [1.807, 2.05) is 13.8 Å². The third-order valence-electron chi connectivity index (χ3n) is 3.40. The van der Waals surface area contributed by atoms with Gasteiger partial charge in [-0.25, -0.2) is 0 Å². The van der Waals surface area contributed by atoms with Crippen LogP contribution in [-0.2, 0) is 9.53 Å². The van der Waals surface area contributed by atoms with E-state index in [1.54, 1.807) is 0 Å². The lowest BCUT2D eigenvalue weighted by Crippen LogP contribution is -2.39. The minimum atomic E-state index is -0.162. The van der Waals surface area contributed by atoms with Crippen LogP contribution >= 0.6 is 24.0 Å². The van der Waals surface area contributed by atoms with Crippen LogP contribution in [0.4, 0.5) is 0 Å². The van der Waals surface area contributed by atoms with E-state index in [4.69, 9.17) is 10.5 Å². The Labute approximate surface area is 145 Å². The molecule has 6 heteroatoms. The van der Waals surface area contributed by atoms with Crippen molar-refractivity contribution in [3.63, 3.8) is 0 Å². The maximum absolute atomic E-state index is 11.3. The van der Waals surface area contributed by atoms with E-state index >= 15 is 0 Å².